The fraction of sp³-hybridized carbons (Fsp3) is 0.515. The number of halogens is 5. The van der Waals surface area contributed by atoms with Gasteiger partial charge >= 0.3 is 12.2 Å². The standard InChI is InChI=1S/C33H35F5N6O2/c34-25-6-3-5-24(28(25)35)22-9-8-21(29-40-41-30(44(29)19-22)32(13-14-32)33(36,37)38)18-27(45)42-15-11-23(12-16-42)43-17-10-20-4-1-2-7-26(20)39-31(43)46/h1-7,21-23H,8-19H2,(H,39,46)/t21-,22+/m1/s1. The first-order chi connectivity index (χ1) is 22.1. The summed E-state index contributed by atoms with van der Waals surface area (Å²) < 4.78 is 73.2. The lowest BCUT2D eigenvalue weighted by Crippen LogP contribution is -2.50. The second-order valence-corrected chi connectivity index (χ2v) is 13.0. The topological polar surface area (TPSA) is 83.4 Å². The Labute approximate surface area is 263 Å². The number of carbonyl (C=O) groups excluding carboxylic acids is 2. The van der Waals surface area contributed by atoms with Crippen molar-refractivity contribution in [3.05, 3.63) is 76.9 Å². The number of carbonyl (C=O) groups is 2. The number of rotatable bonds is 5. The fourth-order valence-corrected chi connectivity index (χ4v) is 7.54. The lowest BCUT2D eigenvalue weighted by Gasteiger charge is -2.38. The average Bonchev–Trinajstić information content (AvgIpc) is 3.81. The predicted molar refractivity (Wildman–Crippen MR) is 158 cm³/mol. The van der Waals surface area contributed by atoms with Crippen molar-refractivity contribution in [1.82, 2.24) is 24.6 Å². The lowest BCUT2D eigenvalue weighted by molar-refractivity contribution is -0.163. The fourth-order valence-electron chi connectivity index (χ4n) is 7.54. The van der Waals surface area contributed by atoms with E-state index in [1.54, 1.807) is 4.90 Å². The van der Waals surface area contributed by atoms with E-state index in [0.29, 0.717) is 45.3 Å². The first-order valence-corrected chi connectivity index (χ1v) is 15.9. The zero-order valence-electron chi connectivity index (χ0n) is 25.2. The maximum Gasteiger partial charge on any atom is 0.401 e. The zero-order chi connectivity index (χ0) is 32.2. The summed E-state index contributed by atoms with van der Waals surface area (Å²) >= 11 is 0. The van der Waals surface area contributed by atoms with E-state index >= 15 is 0 Å². The first-order valence-electron chi connectivity index (χ1n) is 15.9. The summed E-state index contributed by atoms with van der Waals surface area (Å²) in [4.78, 5) is 30.3. The number of hydrogen-bond acceptors (Lipinski definition) is 4. The van der Waals surface area contributed by atoms with Gasteiger partial charge in [0.1, 0.15) is 17.1 Å². The Kier molecular flexibility index (Phi) is 7.75. The predicted octanol–water partition coefficient (Wildman–Crippen LogP) is 6.28. The van der Waals surface area contributed by atoms with Crippen LogP contribution in [0.25, 0.3) is 0 Å². The number of nitrogens with one attached hydrogen (secondary N) is 1. The molecule has 7 rings (SSSR count). The number of urea groups is 1. The van der Waals surface area contributed by atoms with Gasteiger partial charge in [-0.2, -0.15) is 13.2 Å². The first kappa shape index (κ1) is 30.6. The van der Waals surface area contributed by atoms with Crippen molar-refractivity contribution in [1.29, 1.82) is 0 Å². The van der Waals surface area contributed by atoms with E-state index < -0.39 is 35.1 Å². The van der Waals surface area contributed by atoms with Crippen LogP contribution >= 0.6 is 0 Å². The second-order valence-electron chi connectivity index (χ2n) is 13.0. The average molecular weight is 643 g/mol. The largest absolute Gasteiger partial charge is 0.401 e. The number of nitrogens with zero attached hydrogens (tertiary/aromatic N) is 5. The van der Waals surface area contributed by atoms with Gasteiger partial charge < -0.3 is 19.7 Å². The summed E-state index contributed by atoms with van der Waals surface area (Å²) in [6.45, 7) is 1.43. The van der Waals surface area contributed by atoms with Crippen LogP contribution in [0.2, 0.25) is 0 Å². The smallest absolute Gasteiger partial charge is 0.343 e. The van der Waals surface area contributed by atoms with Gasteiger partial charge in [0.05, 0.1) is 0 Å². The molecule has 0 bridgehead atoms. The van der Waals surface area contributed by atoms with E-state index in [-0.39, 0.29) is 61.0 Å². The summed E-state index contributed by atoms with van der Waals surface area (Å²) in [5.41, 5.74) is -0.134. The van der Waals surface area contributed by atoms with Crippen LogP contribution in [0.5, 0.6) is 0 Å². The highest BCUT2D eigenvalue weighted by atomic mass is 19.4. The molecule has 1 aromatic heterocycles. The van der Waals surface area contributed by atoms with Crippen molar-refractivity contribution in [2.75, 3.05) is 25.0 Å². The van der Waals surface area contributed by atoms with E-state index in [9.17, 15) is 31.5 Å². The molecule has 1 saturated heterocycles. The van der Waals surface area contributed by atoms with Gasteiger partial charge in [-0.3, -0.25) is 4.79 Å². The Morgan fingerprint density at radius 1 is 0.957 bits per heavy atom. The molecule has 1 aliphatic carbocycles. The van der Waals surface area contributed by atoms with Gasteiger partial charge in [0.2, 0.25) is 5.91 Å². The Morgan fingerprint density at radius 2 is 1.72 bits per heavy atom. The van der Waals surface area contributed by atoms with Crippen molar-refractivity contribution >= 4 is 17.6 Å². The van der Waals surface area contributed by atoms with Crippen LogP contribution in [0.1, 0.15) is 79.6 Å². The van der Waals surface area contributed by atoms with Crippen molar-refractivity contribution in [2.45, 2.75) is 87.4 Å². The quantitative estimate of drug-likeness (QED) is 0.332. The molecule has 0 radical (unpaired) electrons. The number of likely N-dealkylation sites (tertiary alicyclic amines) is 1. The molecule has 3 aromatic rings. The summed E-state index contributed by atoms with van der Waals surface area (Å²) in [7, 11) is 0. The highest BCUT2D eigenvalue weighted by Gasteiger charge is 2.67. The molecular formula is C33H35F5N6O2. The number of benzene rings is 2. The second kappa shape index (κ2) is 11.6. The third kappa shape index (κ3) is 5.41. The van der Waals surface area contributed by atoms with Crippen molar-refractivity contribution in [3.63, 3.8) is 0 Å². The number of piperidine rings is 1. The molecule has 3 aliphatic heterocycles. The number of aromatic nitrogens is 3. The highest BCUT2D eigenvalue weighted by molar-refractivity contribution is 5.91. The van der Waals surface area contributed by atoms with Crippen LogP contribution in [0, 0.1) is 11.6 Å². The molecule has 4 heterocycles. The van der Waals surface area contributed by atoms with Gasteiger partial charge in [0.15, 0.2) is 11.6 Å². The zero-order valence-corrected chi connectivity index (χ0v) is 25.2. The molecule has 13 heteroatoms. The third-order valence-electron chi connectivity index (χ3n) is 10.4. The minimum atomic E-state index is -4.54. The molecular weight excluding hydrogens is 607 g/mol. The maximum absolute atomic E-state index is 14.9. The van der Waals surface area contributed by atoms with Crippen molar-refractivity contribution in [2.24, 2.45) is 0 Å². The minimum Gasteiger partial charge on any atom is -0.343 e. The molecule has 46 heavy (non-hydrogen) atoms. The van der Waals surface area contributed by atoms with E-state index in [2.05, 4.69) is 15.5 Å². The minimum absolute atomic E-state index is 0.0136. The van der Waals surface area contributed by atoms with Crippen molar-refractivity contribution < 1.29 is 31.5 Å². The van der Waals surface area contributed by atoms with Crippen molar-refractivity contribution in [3.8, 4) is 0 Å². The number of hydrogen-bond donors (Lipinski definition) is 1. The molecule has 0 unspecified atom stereocenters. The number of fused-ring (bicyclic) bond motifs is 2. The molecule has 244 valence electrons. The molecule has 4 aliphatic rings. The third-order valence-corrected chi connectivity index (χ3v) is 10.4. The molecule has 2 aromatic carbocycles. The van der Waals surface area contributed by atoms with Crippen LogP contribution in [-0.4, -0.2) is 68.4 Å². The van der Waals surface area contributed by atoms with E-state index in [1.807, 2.05) is 29.2 Å². The molecule has 3 amide bonds. The molecule has 1 N–H and O–H groups in total. The van der Waals surface area contributed by atoms with Crippen LogP contribution in [0.3, 0.4) is 0 Å². The van der Waals surface area contributed by atoms with Gasteiger partial charge in [-0.1, -0.05) is 30.3 Å². The summed E-state index contributed by atoms with van der Waals surface area (Å²) in [5, 5.41) is 11.2. The summed E-state index contributed by atoms with van der Waals surface area (Å²) in [6.07, 6.45) is -2.12. The van der Waals surface area contributed by atoms with Crippen LogP contribution < -0.4 is 5.32 Å². The van der Waals surface area contributed by atoms with Crippen LogP contribution in [0.4, 0.5) is 32.4 Å². The van der Waals surface area contributed by atoms with Gasteiger partial charge in [0.25, 0.3) is 0 Å². The van der Waals surface area contributed by atoms with Crippen LogP contribution in [0.15, 0.2) is 42.5 Å². The number of alkyl halides is 3. The Balaban J connectivity index is 1.07. The van der Waals surface area contributed by atoms with Gasteiger partial charge in [-0.15, -0.1) is 10.2 Å². The molecule has 8 nitrogen and oxygen atoms in total. The Morgan fingerprint density at radius 3 is 2.46 bits per heavy atom. The lowest BCUT2D eigenvalue weighted by atomic mass is 9.89. The number of amides is 3. The maximum atomic E-state index is 14.9. The summed E-state index contributed by atoms with van der Waals surface area (Å²) in [6, 6.07) is 11.4. The number of para-hydroxylation sites is 1. The van der Waals surface area contributed by atoms with Gasteiger partial charge in [-0.05, 0) is 68.2 Å². The molecule has 1 saturated carbocycles. The van der Waals surface area contributed by atoms with Gasteiger partial charge in [-0.25, -0.2) is 13.6 Å². The Bertz CT molecular complexity index is 1650. The van der Waals surface area contributed by atoms with Crippen LogP contribution in [-0.2, 0) is 23.2 Å². The monoisotopic (exact) mass is 642 g/mol. The SMILES string of the molecule is O=C(C[C@H]1CC[C@H](c2cccc(F)c2F)Cn2c1nnc2C1(C(F)(F)F)CC1)N1CCC(N2CCc3ccccc3NC2=O)CC1. The molecule has 0 spiro atoms. The molecule has 2 fully saturated rings. The van der Waals surface area contributed by atoms with E-state index in [4.69, 9.17) is 0 Å². The Hall–Kier alpha value is -4.03. The normalized spacial score (nSPS) is 23.2. The van der Waals surface area contributed by atoms with E-state index in [1.165, 1.54) is 16.7 Å². The summed E-state index contributed by atoms with van der Waals surface area (Å²) in [5.74, 6) is -3.26. The molecule has 2 atom stereocenters. The number of anilines is 1. The highest BCUT2D eigenvalue weighted by Crippen LogP contribution is 2.59. The van der Waals surface area contributed by atoms with Gasteiger partial charge in [0, 0.05) is 56.2 Å². The van der Waals surface area contributed by atoms with E-state index in [0.717, 1.165) is 23.7 Å².